The lowest BCUT2D eigenvalue weighted by molar-refractivity contribution is 0.100. The molecule has 2 aromatic heterocycles. The molecule has 0 bridgehead atoms. The van der Waals surface area contributed by atoms with Gasteiger partial charge >= 0.3 is 0 Å². The van der Waals surface area contributed by atoms with Crippen LogP contribution < -0.4 is 21.7 Å². The first kappa shape index (κ1) is 20.7. The molecule has 4 rings (SSSR count). The van der Waals surface area contributed by atoms with Crippen LogP contribution >= 0.6 is 0 Å². The molecule has 0 aliphatic carbocycles. The van der Waals surface area contributed by atoms with Crippen LogP contribution in [0.4, 0.5) is 26.0 Å². The van der Waals surface area contributed by atoms with Gasteiger partial charge in [-0.25, -0.2) is 9.37 Å². The zero-order valence-electron chi connectivity index (χ0n) is 16.8. The van der Waals surface area contributed by atoms with Gasteiger partial charge in [-0.2, -0.15) is 9.49 Å². The van der Waals surface area contributed by atoms with E-state index in [-0.39, 0.29) is 23.7 Å². The van der Waals surface area contributed by atoms with Crippen LogP contribution in [-0.2, 0) is 5.54 Å². The van der Waals surface area contributed by atoms with E-state index in [0.717, 1.165) is 0 Å². The standard InChI is InChI=1S/C21H23F2N7O/c22-14-3-5-15(6-4-14)27-20-16(19(25)31)12-30(28-20)21(13-24)7-10-29(11-8-21)17-2-1-9-26-18(17)23/h1-6,9,12H,7-8,10-11,13,24H2,(H2,25,31)(H,27,28). The number of pyridine rings is 1. The summed E-state index contributed by atoms with van der Waals surface area (Å²) in [6, 6.07) is 9.08. The Morgan fingerprint density at radius 3 is 2.48 bits per heavy atom. The van der Waals surface area contributed by atoms with Crippen LogP contribution in [0, 0.1) is 11.8 Å². The molecular formula is C21H23F2N7O. The van der Waals surface area contributed by atoms with Crippen molar-refractivity contribution in [3.63, 3.8) is 0 Å². The smallest absolute Gasteiger partial charge is 0.254 e. The molecule has 0 atom stereocenters. The first-order chi connectivity index (χ1) is 14.9. The van der Waals surface area contributed by atoms with E-state index in [1.807, 2.05) is 4.90 Å². The number of nitrogens with two attached hydrogens (primary N) is 2. The maximum Gasteiger partial charge on any atom is 0.254 e. The Hall–Kier alpha value is -3.53. The minimum absolute atomic E-state index is 0.206. The average Bonchev–Trinajstić information content (AvgIpc) is 3.21. The summed E-state index contributed by atoms with van der Waals surface area (Å²) in [5.74, 6) is -1.25. The van der Waals surface area contributed by atoms with Gasteiger partial charge < -0.3 is 21.7 Å². The number of rotatable bonds is 6. The van der Waals surface area contributed by atoms with Gasteiger partial charge in [0.05, 0.1) is 11.2 Å². The van der Waals surface area contributed by atoms with Gasteiger partial charge in [0.2, 0.25) is 5.95 Å². The summed E-state index contributed by atoms with van der Waals surface area (Å²) in [4.78, 5) is 17.6. The third kappa shape index (κ3) is 4.06. The third-order valence-corrected chi connectivity index (χ3v) is 5.73. The fourth-order valence-corrected chi connectivity index (χ4v) is 3.86. The highest BCUT2D eigenvalue weighted by Crippen LogP contribution is 2.33. The van der Waals surface area contributed by atoms with E-state index in [4.69, 9.17) is 11.5 Å². The number of nitrogens with one attached hydrogen (secondary N) is 1. The van der Waals surface area contributed by atoms with Crippen LogP contribution in [-0.4, -0.2) is 40.3 Å². The fourth-order valence-electron chi connectivity index (χ4n) is 3.86. The quantitative estimate of drug-likeness (QED) is 0.520. The summed E-state index contributed by atoms with van der Waals surface area (Å²) >= 11 is 0. The van der Waals surface area contributed by atoms with Gasteiger partial charge in [0, 0.05) is 37.7 Å². The zero-order valence-corrected chi connectivity index (χ0v) is 16.8. The lowest BCUT2D eigenvalue weighted by Gasteiger charge is -2.42. The summed E-state index contributed by atoms with van der Waals surface area (Å²) in [6.07, 6.45) is 4.18. The van der Waals surface area contributed by atoms with Crippen LogP contribution in [0.5, 0.6) is 0 Å². The zero-order chi connectivity index (χ0) is 22.0. The molecule has 0 radical (unpaired) electrons. The number of halogens is 2. The highest BCUT2D eigenvalue weighted by atomic mass is 19.1. The number of amides is 1. The third-order valence-electron chi connectivity index (χ3n) is 5.73. The summed E-state index contributed by atoms with van der Waals surface area (Å²) in [6.45, 7) is 1.38. The lowest BCUT2D eigenvalue weighted by atomic mass is 9.87. The van der Waals surface area contributed by atoms with E-state index in [0.29, 0.717) is 37.3 Å². The van der Waals surface area contributed by atoms with Crippen molar-refractivity contribution >= 4 is 23.1 Å². The number of carbonyl (C=O) groups excluding carboxylic acids is 1. The number of hydrogen-bond donors (Lipinski definition) is 3. The van der Waals surface area contributed by atoms with E-state index >= 15 is 0 Å². The molecule has 1 fully saturated rings. The highest BCUT2D eigenvalue weighted by Gasteiger charge is 2.37. The van der Waals surface area contributed by atoms with Crippen molar-refractivity contribution in [2.75, 3.05) is 29.9 Å². The second-order valence-electron chi connectivity index (χ2n) is 7.56. The van der Waals surface area contributed by atoms with E-state index in [2.05, 4.69) is 15.4 Å². The van der Waals surface area contributed by atoms with Gasteiger partial charge in [-0.15, -0.1) is 0 Å². The second-order valence-corrected chi connectivity index (χ2v) is 7.56. The van der Waals surface area contributed by atoms with E-state index in [9.17, 15) is 13.6 Å². The van der Waals surface area contributed by atoms with Crippen LogP contribution in [0.25, 0.3) is 0 Å². The van der Waals surface area contributed by atoms with E-state index in [1.165, 1.54) is 18.3 Å². The van der Waals surface area contributed by atoms with Gasteiger partial charge in [-0.05, 0) is 49.2 Å². The fraction of sp³-hybridized carbons (Fsp3) is 0.286. The molecule has 8 nitrogen and oxygen atoms in total. The molecule has 5 N–H and O–H groups in total. The molecule has 1 amide bonds. The van der Waals surface area contributed by atoms with Crippen molar-refractivity contribution in [3.05, 3.63) is 66.1 Å². The van der Waals surface area contributed by atoms with Crippen molar-refractivity contribution in [2.45, 2.75) is 18.4 Å². The Bertz CT molecular complexity index is 1080. The Kier molecular flexibility index (Phi) is 5.55. The number of primary amides is 1. The molecule has 1 aliphatic rings. The molecule has 0 unspecified atom stereocenters. The molecule has 1 aliphatic heterocycles. The predicted octanol–water partition coefficient (Wildman–Crippen LogP) is 2.35. The van der Waals surface area contributed by atoms with Gasteiger partial charge in [-0.3, -0.25) is 9.48 Å². The molecule has 3 heterocycles. The molecule has 1 aromatic carbocycles. The Labute approximate surface area is 177 Å². The van der Waals surface area contributed by atoms with Crippen LogP contribution in [0.3, 0.4) is 0 Å². The number of carbonyl (C=O) groups is 1. The minimum Gasteiger partial charge on any atom is -0.368 e. The Balaban J connectivity index is 1.59. The largest absolute Gasteiger partial charge is 0.368 e. The maximum absolute atomic E-state index is 14.1. The summed E-state index contributed by atoms with van der Waals surface area (Å²) in [7, 11) is 0. The number of anilines is 3. The first-order valence-corrected chi connectivity index (χ1v) is 9.90. The summed E-state index contributed by atoms with van der Waals surface area (Å²) in [5.41, 5.74) is 12.4. The van der Waals surface area contributed by atoms with E-state index in [1.54, 1.807) is 35.1 Å². The molecule has 10 heteroatoms. The molecule has 1 saturated heterocycles. The van der Waals surface area contributed by atoms with E-state index < -0.39 is 17.4 Å². The van der Waals surface area contributed by atoms with Crippen molar-refractivity contribution < 1.29 is 13.6 Å². The molecule has 0 saturated carbocycles. The molecule has 31 heavy (non-hydrogen) atoms. The first-order valence-electron chi connectivity index (χ1n) is 9.90. The summed E-state index contributed by atoms with van der Waals surface area (Å²) in [5, 5.41) is 7.57. The van der Waals surface area contributed by atoms with Gasteiger partial charge in [-0.1, -0.05) is 0 Å². The molecular weight excluding hydrogens is 404 g/mol. The Morgan fingerprint density at radius 1 is 1.16 bits per heavy atom. The van der Waals surface area contributed by atoms with Gasteiger partial charge in [0.1, 0.15) is 11.4 Å². The summed E-state index contributed by atoms with van der Waals surface area (Å²) < 4.78 is 28.9. The van der Waals surface area contributed by atoms with Crippen LogP contribution in [0.2, 0.25) is 0 Å². The minimum atomic E-state index is -0.641. The highest BCUT2D eigenvalue weighted by molar-refractivity contribution is 5.98. The van der Waals surface area contributed by atoms with Gasteiger partial charge in [0.15, 0.2) is 5.82 Å². The topological polar surface area (TPSA) is 115 Å². The van der Waals surface area contributed by atoms with Gasteiger partial charge in [0.25, 0.3) is 5.91 Å². The molecule has 162 valence electrons. The van der Waals surface area contributed by atoms with Crippen molar-refractivity contribution in [3.8, 4) is 0 Å². The number of aromatic nitrogens is 3. The molecule has 0 spiro atoms. The number of piperidine rings is 1. The maximum atomic E-state index is 14.1. The van der Waals surface area contributed by atoms with Crippen molar-refractivity contribution in [2.24, 2.45) is 11.5 Å². The SMILES string of the molecule is NCC1(n2cc(C(N)=O)c(Nc3ccc(F)cc3)n2)CCN(c2cccnc2F)CC1. The van der Waals surface area contributed by atoms with Crippen molar-refractivity contribution in [1.82, 2.24) is 14.8 Å². The average molecular weight is 427 g/mol. The number of nitrogens with zero attached hydrogens (tertiary/aromatic N) is 4. The molecule has 3 aromatic rings. The number of hydrogen-bond acceptors (Lipinski definition) is 6. The predicted molar refractivity (Wildman–Crippen MR) is 113 cm³/mol. The Morgan fingerprint density at radius 2 is 1.87 bits per heavy atom. The monoisotopic (exact) mass is 427 g/mol. The number of benzene rings is 1. The lowest BCUT2D eigenvalue weighted by Crippen LogP contribution is -2.51. The normalized spacial score (nSPS) is 15.6. The van der Waals surface area contributed by atoms with Crippen molar-refractivity contribution in [1.29, 1.82) is 0 Å². The van der Waals surface area contributed by atoms with Crippen LogP contribution in [0.1, 0.15) is 23.2 Å². The second kappa shape index (κ2) is 8.31. The van der Waals surface area contributed by atoms with Crippen LogP contribution in [0.15, 0.2) is 48.8 Å².